The molecule has 0 aromatic carbocycles. The minimum Gasteiger partial charge on any atom is -0.479 e. The number of aromatic nitrogens is 1. The average molecular weight is 305 g/mol. The van der Waals surface area contributed by atoms with Crippen LogP contribution in [-0.2, 0) is 16.1 Å². The Hall–Kier alpha value is -2.69. The number of anilines is 1. The Kier molecular flexibility index (Phi) is 3.20. The number of hydrogen-bond acceptors (Lipinski definition) is 6. The molecule has 2 aliphatic heterocycles. The number of piperidine rings is 1. The maximum atomic E-state index is 14.1. The van der Waals surface area contributed by atoms with Gasteiger partial charge in [0, 0.05) is 25.9 Å². The molecule has 2 aliphatic rings. The van der Waals surface area contributed by atoms with Crippen molar-refractivity contribution >= 4 is 17.8 Å². The molecule has 22 heavy (non-hydrogen) atoms. The fourth-order valence-electron chi connectivity index (χ4n) is 2.65. The number of carboxylic acids is 1. The number of aliphatic carboxylic acids is 1. The number of carbonyl (C=O) groups is 2. The Morgan fingerprint density at radius 2 is 2.18 bits per heavy atom. The minimum absolute atomic E-state index is 0.0445. The quantitative estimate of drug-likeness (QED) is 0.813. The van der Waals surface area contributed by atoms with E-state index in [1.807, 2.05) is 6.07 Å². The van der Waals surface area contributed by atoms with Gasteiger partial charge in [0.05, 0.1) is 16.8 Å². The van der Waals surface area contributed by atoms with Crippen molar-refractivity contribution in [1.29, 1.82) is 5.26 Å². The molecule has 1 aromatic rings. The van der Waals surface area contributed by atoms with E-state index in [2.05, 4.69) is 4.98 Å². The number of halogens is 1. The van der Waals surface area contributed by atoms with Crippen LogP contribution >= 0.6 is 0 Å². The molecular formula is C14H12FN3O4. The summed E-state index contributed by atoms with van der Waals surface area (Å²) < 4.78 is 18.9. The van der Waals surface area contributed by atoms with Crippen LogP contribution in [-0.4, -0.2) is 40.8 Å². The summed E-state index contributed by atoms with van der Waals surface area (Å²) in [7, 11) is 0. The van der Waals surface area contributed by atoms with Crippen LogP contribution in [0.2, 0.25) is 0 Å². The molecule has 1 saturated heterocycles. The summed E-state index contributed by atoms with van der Waals surface area (Å²) in [5, 5.41) is 18.1. The highest BCUT2D eigenvalue weighted by molar-refractivity contribution is 5.93. The summed E-state index contributed by atoms with van der Waals surface area (Å²) in [4.78, 5) is 28.3. The summed E-state index contributed by atoms with van der Waals surface area (Å²) in [6.07, 6.45) is -0.358. The number of fused-ring (bicyclic) bond motifs is 1. The summed E-state index contributed by atoms with van der Waals surface area (Å²) >= 11 is 0. The Balaban J connectivity index is 1.89. The fraction of sp³-hybridized carbons (Fsp3) is 0.429. The molecule has 0 atom stereocenters. The number of esters is 1. The predicted molar refractivity (Wildman–Crippen MR) is 71.0 cm³/mol. The van der Waals surface area contributed by atoms with Gasteiger partial charge in [-0.1, -0.05) is 0 Å². The van der Waals surface area contributed by atoms with Gasteiger partial charge in [-0.05, 0) is 6.07 Å². The molecule has 3 rings (SSSR count). The molecule has 1 aromatic heterocycles. The van der Waals surface area contributed by atoms with Crippen molar-refractivity contribution in [1.82, 2.24) is 4.98 Å². The van der Waals surface area contributed by atoms with Crippen LogP contribution in [0, 0.1) is 11.3 Å². The molecule has 0 aliphatic carbocycles. The van der Waals surface area contributed by atoms with Crippen LogP contribution in [0.5, 0.6) is 0 Å². The first-order valence-electron chi connectivity index (χ1n) is 6.73. The van der Waals surface area contributed by atoms with Crippen LogP contribution in [0.3, 0.4) is 0 Å². The zero-order chi connectivity index (χ0) is 15.9. The third kappa shape index (κ3) is 2.15. The second kappa shape index (κ2) is 4.94. The molecular weight excluding hydrogens is 293 g/mol. The lowest BCUT2D eigenvalue weighted by Gasteiger charge is -2.34. The zero-order valence-corrected chi connectivity index (χ0v) is 11.5. The lowest BCUT2D eigenvalue weighted by Crippen LogP contribution is -2.47. The van der Waals surface area contributed by atoms with E-state index in [1.54, 1.807) is 4.90 Å². The topological polar surface area (TPSA) is 104 Å². The van der Waals surface area contributed by atoms with Crippen molar-refractivity contribution in [2.75, 3.05) is 18.0 Å². The molecule has 1 fully saturated rings. The number of nitrogens with zero attached hydrogens (tertiary/aromatic N) is 3. The number of pyridine rings is 1. The molecule has 0 saturated carbocycles. The zero-order valence-electron chi connectivity index (χ0n) is 11.5. The molecule has 1 N–H and O–H groups in total. The Morgan fingerprint density at radius 1 is 1.50 bits per heavy atom. The van der Waals surface area contributed by atoms with E-state index in [1.165, 1.54) is 6.07 Å². The maximum Gasteiger partial charge on any atom is 0.341 e. The van der Waals surface area contributed by atoms with Gasteiger partial charge in [0.2, 0.25) is 5.67 Å². The Morgan fingerprint density at radius 3 is 2.77 bits per heavy atom. The highest BCUT2D eigenvalue weighted by Gasteiger charge is 2.42. The lowest BCUT2D eigenvalue weighted by molar-refractivity contribution is -0.152. The first-order valence-corrected chi connectivity index (χ1v) is 6.73. The Bertz CT molecular complexity index is 705. The van der Waals surface area contributed by atoms with Crippen LogP contribution in [0.15, 0.2) is 6.07 Å². The lowest BCUT2D eigenvalue weighted by atomic mass is 9.93. The van der Waals surface area contributed by atoms with Crippen LogP contribution in [0.4, 0.5) is 10.2 Å². The molecule has 3 heterocycles. The largest absolute Gasteiger partial charge is 0.479 e. The number of carboxylic acid groups (broad SMARTS) is 1. The van der Waals surface area contributed by atoms with Crippen LogP contribution in [0.25, 0.3) is 0 Å². The summed E-state index contributed by atoms with van der Waals surface area (Å²) in [5.74, 6) is -1.64. The second-order valence-corrected chi connectivity index (χ2v) is 5.30. The highest BCUT2D eigenvalue weighted by atomic mass is 19.1. The molecule has 0 amide bonds. The fourth-order valence-corrected chi connectivity index (χ4v) is 2.65. The van der Waals surface area contributed by atoms with Crippen molar-refractivity contribution in [2.45, 2.75) is 25.1 Å². The normalized spacial score (nSPS) is 19.3. The van der Waals surface area contributed by atoms with E-state index in [0.29, 0.717) is 11.5 Å². The van der Waals surface area contributed by atoms with Crippen molar-refractivity contribution in [3.63, 3.8) is 0 Å². The second-order valence-electron chi connectivity index (χ2n) is 5.30. The number of nitriles is 1. The maximum absolute atomic E-state index is 14.1. The van der Waals surface area contributed by atoms with Gasteiger partial charge >= 0.3 is 11.9 Å². The molecule has 0 bridgehead atoms. The van der Waals surface area contributed by atoms with Crippen molar-refractivity contribution < 1.29 is 23.8 Å². The molecule has 0 spiro atoms. The van der Waals surface area contributed by atoms with E-state index in [4.69, 9.17) is 9.84 Å². The molecule has 114 valence electrons. The molecule has 7 nitrogen and oxygen atoms in total. The van der Waals surface area contributed by atoms with E-state index in [9.17, 15) is 19.2 Å². The Labute approximate surface area is 124 Å². The van der Waals surface area contributed by atoms with Gasteiger partial charge < -0.3 is 14.7 Å². The number of rotatable bonds is 2. The smallest absolute Gasteiger partial charge is 0.341 e. The van der Waals surface area contributed by atoms with E-state index in [-0.39, 0.29) is 43.7 Å². The van der Waals surface area contributed by atoms with Gasteiger partial charge in [0.25, 0.3) is 0 Å². The predicted octanol–water partition coefficient (Wildman–Crippen LogP) is 1.02. The van der Waals surface area contributed by atoms with Gasteiger partial charge in [-0.15, -0.1) is 0 Å². The summed E-state index contributed by atoms with van der Waals surface area (Å²) in [6.45, 7) is 0.318. The van der Waals surface area contributed by atoms with Crippen molar-refractivity contribution in [3.05, 3.63) is 22.9 Å². The van der Waals surface area contributed by atoms with Gasteiger partial charge in [-0.3, -0.25) is 0 Å². The third-order valence-corrected chi connectivity index (χ3v) is 4.00. The SMILES string of the molecule is N#Cc1cc2c(nc1N1CCC(F)(C(=O)O)CC1)COC2=O. The van der Waals surface area contributed by atoms with E-state index >= 15 is 0 Å². The minimum atomic E-state index is -2.24. The summed E-state index contributed by atoms with van der Waals surface area (Å²) in [6, 6.07) is 3.38. The van der Waals surface area contributed by atoms with E-state index < -0.39 is 17.6 Å². The highest BCUT2D eigenvalue weighted by Crippen LogP contribution is 2.32. The third-order valence-electron chi connectivity index (χ3n) is 4.00. The van der Waals surface area contributed by atoms with Crippen LogP contribution in [0.1, 0.15) is 34.5 Å². The summed E-state index contributed by atoms with van der Waals surface area (Å²) in [5.41, 5.74) is -1.34. The number of alkyl halides is 1. The number of ether oxygens (including phenoxy) is 1. The molecule has 0 radical (unpaired) electrons. The van der Waals surface area contributed by atoms with Crippen LogP contribution < -0.4 is 4.90 Å². The first-order chi connectivity index (χ1) is 10.4. The van der Waals surface area contributed by atoms with E-state index in [0.717, 1.165) is 0 Å². The van der Waals surface area contributed by atoms with Gasteiger partial charge in [-0.2, -0.15) is 5.26 Å². The molecule has 0 unspecified atom stereocenters. The monoisotopic (exact) mass is 305 g/mol. The standard InChI is InChI=1S/C14H12FN3O4/c15-14(13(20)21)1-3-18(4-2-14)11-8(6-16)5-9-10(17-11)7-22-12(9)19/h5H,1-4,7H2,(H,20,21). The van der Waals surface area contributed by atoms with Gasteiger partial charge in [0.15, 0.2) is 0 Å². The van der Waals surface area contributed by atoms with Crippen molar-refractivity contribution in [2.24, 2.45) is 0 Å². The van der Waals surface area contributed by atoms with Gasteiger partial charge in [-0.25, -0.2) is 19.0 Å². The number of cyclic esters (lactones) is 1. The number of hydrogen-bond donors (Lipinski definition) is 1. The number of carbonyl (C=O) groups excluding carboxylic acids is 1. The first kappa shape index (κ1) is 14.3. The average Bonchev–Trinajstić information content (AvgIpc) is 2.87. The van der Waals surface area contributed by atoms with Gasteiger partial charge in [0.1, 0.15) is 18.5 Å². The molecule has 8 heteroatoms. The van der Waals surface area contributed by atoms with Crippen molar-refractivity contribution in [3.8, 4) is 6.07 Å².